The number of nitrogens with one attached hydrogen (secondary N) is 2. The second kappa shape index (κ2) is 9.35. The molecule has 1 aromatic carbocycles. The van der Waals surface area contributed by atoms with Gasteiger partial charge in [0, 0.05) is 17.8 Å². The normalized spacial score (nSPS) is 11.9. The minimum atomic E-state index is -0.706. The maximum Gasteiger partial charge on any atom is 0.274 e. The third-order valence-electron chi connectivity index (χ3n) is 4.81. The molecular formula is C23H26N4O3. The van der Waals surface area contributed by atoms with Gasteiger partial charge in [0.05, 0.1) is 12.2 Å². The molecule has 0 saturated heterocycles. The number of rotatable bonds is 7. The van der Waals surface area contributed by atoms with Gasteiger partial charge in [-0.25, -0.2) is 0 Å². The molecule has 2 amide bonds. The molecule has 0 radical (unpaired) electrons. The SMILES string of the molecule is Cc1ccc(C)c(-c2cc(C(=O)N[C@@H](C(=O)NCc3ccccn3)C(C)C)no2)c1. The number of benzene rings is 1. The highest BCUT2D eigenvalue weighted by Gasteiger charge is 2.26. The monoisotopic (exact) mass is 406 g/mol. The molecule has 7 nitrogen and oxygen atoms in total. The Morgan fingerprint density at radius 1 is 1.10 bits per heavy atom. The fourth-order valence-electron chi connectivity index (χ4n) is 3.05. The fourth-order valence-corrected chi connectivity index (χ4v) is 3.05. The average Bonchev–Trinajstić information content (AvgIpc) is 3.22. The van der Waals surface area contributed by atoms with Crippen LogP contribution in [0.4, 0.5) is 0 Å². The molecule has 2 N–H and O–H groups in total. The summed E-state index contributed by atoms with van der Waals surface area (Å²) in [6.45, 7) is 7.99. The molecule has 7 heteroatoms. The number of hydrogen-bond acceptors (Lipinski definition) is 5. The minimum Gasteiger partial charge on any atom is -0.355 e. The highest BCUT2D eigenvalue weighted by Crippen LogP contribution is 2.25. The Balaban J connectivity index is 1.69. The molecule has 0 fully saturated rings. The van der Waals surface area contributed by atoms with Crippen molar-refractivity contribution in [1.82, 2.24) is 20.8 Å². The Labute approximate surface area is 175 Å². The van der Waals surface area contributed by atoms with Crippen LogP contribution in [0.15, 0.2) is 53.2 Å². The van der Waals surface area contributed by atoms with E-state index in [9.17, 15) is 9.59 Å². The molecule has 3 rings (SSSR count). The van der Waals surface area contributed by atoms with Gasteiger partial charge in [0.1, 0.15) is 6.04 Å². The molecule has 1 atom stereocenters. The van der Waals surface area contributed by atoms with E-state index < -0.39 is 11.9 Å². The van der Waals surface area contributed by atoms with Gasteiger partial charge in [-0.15, -0.1) is 0 Å². The van der Waals surface area contributed by atoms with E-state index in [1.165, 1.54) is 0 Å². The van der Waals surface area contributed by atoms with Gasteiger partial charge in [-0.3, -0.25) is 14.6 Å². The summed E-state index contributed by atoms with van der Waals surface area (Å²) in [4.78, 5) is 29.5. The molecule has 0 aliphatic rings. The first-order chi connectivity index (χ1) is 14.3. The predicted octanol–water partition coefficient (Wildman–Crippen LogP) is 3.42. The molecule has 2 aromatic heterocycles. The summed E-state index contributed by atoms with van der Waals surface area (Å²) in [7, 11) is 0. The molecule has 156 valence electrons. The van der Waals surface area contributed by atoms with E-state index in [-0.39, 0.29) is 17.5 Å². The van der Waals surface area contributed by atoms with E-state index >= 15 is 0 Å². The summed E-state index contributed by atoms with van der Waals surface area (Å²) in [6.07, 6.45) is 1.67. The molecule has 0 spiro atoms. The minimum absolute atomic E-state index is 0.108. The van der Waals surface area contributed by atoms with Crippen LogP contribution in [0.25, 0.3) is 11.3 Å². The topological polar surface area (TPSA) is 97.1 Å². The van der Waals surface area contributed by atoms with E-state index in [0.29, 0.717) is 12.3 Å². The van der Waals surface area contributed by atoms with Crippen LogP contribution in [-0.4, -0.2) is 28.0 Å². The van der Waals surface area contributed by atoms with Gasteiger partial charge in [-0.1, -0.05) is 42.8 Å². The van der Waals surface area contributed by atoms with Crippen LogP contribution < -0.4 is 10.6 Å². The van der Waals surface area contributed by atoms with Crippen molar-refractivity contribution in [2.24, 2.45) is 5.92 Å². The number of nitrogens with zero attached hydrogens (tertiary/aromatic N) is 2. The van der Waals surface area contributed by atoms with Crippen LogP contribution in [0.2, 0.25) is 0 Å². The Kier molecular flexibility index (Phi) is 6.61. The Morgan fingerprint density at radius 2 is 1.90 bits per heavy atom. The Bertz CT molecular complexity index is 1030. The van der Waals surface area contributed by atoms with Crippen molar-refractivity contribution in [2.45, 2.75) is 40.3 Å². The first-order valence-electron chi connectivity index (χ1n) is 9.88. The smallest absolute Gasteiger partial charge is 0.274 e. The van der Waals surface area contributed by atoms with Gasteiger partial charge in [-0.05, 0) is 43.5 Å². The lowest BCUT2D eigenvalue weighted by Crippen LogP contribution is -2.49. The molecule has 0 aliphatic carbocycles. The molecule has 2 heterocycles. The van der Waals surface area contributed by atoms with Crippen LogP contribution in [0, 0.1) is 19.8 Å². The largest absolute Gasteiger partial charge is 0.355 e. The van der Waals surface area contributed by atoms with E-state index in [1.807, 2.05) is 64.1 Å². The third kappa shape index (κ3) is 5.11. The van der Waals surface area contributed by atoms with E-state index in [1.54, 1.807) is 12.3 Å². The van der Waals surface area contributed by atoms with Crippen molar-refractivity contribution in [3.8, 4) is 11.3 Å². The van der Waals surface area contributed by atoms with Crippen molar-refractivity contribution >= 4 is 11.8 Å². The van der Waals surface area contributed by atoms with Crippen molar-refractivity contribution < 1.29 is 14.1 Å². The lowest BCUT2D eigenvalue weighted by molar-refractivity contribution is -0.124. The number of hydrogen-bond donors (Lipinski definition) is 2. The van der Waals surface area contributed by atoms with E-state index in [4.69, 9.17) is 4.52 Å². The number of carbonyl (C=O) groups excluding carboxylic acids is 2. The van der Waals surface area contributed by atoms with Gasteiger partial charge in [0.15, 0.2) is 11.5 Å². The second-order valence-corrected chi connectivity index (χ2v) is 7.63. The van der Waals surface area contributed by atoms with Crippen molar-refractivity contribution in [2.75, 3.05) is 0 Å². The van der Waals surface area contributed by atoms with Crippen LogP contribution in [0.1, 0.15) is 41.2 Å². The molecule has 0 saturated carbocycles. The van der Waals surface area contributed by atoms with Crippen LogP contribution in [0.5, 0.6) is 0 Å². The summed E-state index contributed by atoms with van der Waals surface area (Å²) < 4.78 is 5.40. The standard InChI is InChI=1S/C23H26N4O3/c1-14(2)21(23(29)25-13-17-7-5-6-10-24-17)26-22(28)19-12-20(30-27-19)18-11-15(3)8-9-16(18)4/h5-12,14,21H,13H2,1-4H3,(H,25,29)(H,26,28)/t21-/m1/s1. The predicted molar refractivity (Wildman–Crippen MR) is 114 cm³/mol. The summed E-state index contributed by atoms with van der Waals surface area (Å²) in [5, 5.41) is 9.49. The maximum absolute atomic E-state index is 12.7. The summed E-state index contributed by atoms with van der Waals surface area (Å²) in [6, 6.07) is 12.4. The maximum atomic E-state index is 12.7. The van der Waals surface area contributed by atoms with Crippen molar-refractivity contribution in [3.63, 3.8) is 0 Å². The van der Waals surface area contributed by atoms with Crippen molar-refractivity contribution in [1.29, 1.82) is 0 Å². The number of pyridine rings is 1. The van der Waals surface area contributed by atoms with Crippen LogP contribution in [-0.2, 0) is 11.3 Å². The highest BCUT2D eigenvalue weighted by molar-refractivity contribution is 5.96. The zero-order valence-electron chi connectivity index (χ0n) is 17.6. The Morgan fingerprint density at radius 3 is 2.60 bits per heavy atom. The Hall–Kier alpha value is -3.48. The lowest BCUT2D eigenvalue weighted by atomic mass is 10.0. The van der Waals surface area contributed by atoms with Gasteiger partial charge < -0.3 is 15.2 Å². The highest BCUT2D eigenvalue weighted by atomic mass is 16.5. The molecule has 3 aromatic rings. The van der Waals surface area contributed by atoms with E-state index in [2.05, 4.69) is 20.8 Å². The molecule has 0 aliphatic heterocycles. The molecule has 0 bridgehead atoms. The van der Waals surface area contributed by atoms with Gasteiger partial charge in [0.25, 0.3) is 5.91 Å². The van der Waals surface area contributed by atoms with Crippen LogP contribution in [0.3, 0.4) is 0 Å². The molecular weight excluding hydrogens is 380 g/mol. The zero-order chi connectivity index (χ0) is 21.7. The summed E-state index contributed by atoms with van der Waals surface area (Å²) in [5.41, 5.74) is 3.87. The summed E-state index contributed by atoms with van der Waals surface area (Å²) in [5.74, 6) is -0.325. The fraction of sp³-hybridized carbons (Fsp3) is 0.304. The zero-order valence-corrected chi connectivity index (χ0v) is 17.6. The van der Waals surface area contributed by atoms with Gasteiger partial charge in [0.2, 0.25) is 5.91 Å². The van der Waals surface area contributed by atoms with E-state index in [0.717, 1.165) is 22.4 Å². The van der Waals surface area contributed by atoms with Crippen molar-refractivity contribution in [3.05, 3.63) is 71.2 Å². The van der Waals surface area contributed by atoms with Crippen LogP contribution >= 0.6 is 0 Å². The summed E-state index contributed by atoms with van der Waals surface area (Å²) >= 11 is 0. The quantitative estimate of drug-likeness (QED) is 0.627. The van der Waals surface area contributed by atoms with Gasteiger partial charge >= 0.3 is 0 Å². The van der Waals surface area contributed by atoms with Gasteiger partial charge in [-0.2, -0.15) is 0 Å². The molecule has 30 heavy (non-hydrogen) atoms. The average molecular weight is 406 g/mol. The lowest BCUT2D eigenvalue weighted by Gasteiger charge is -2.21. The third-order valence-corrected chi connectivity index (χ3v) is 4.81. The number of aromatic nitrogens is 2. The number of aryl methyl sites for hydroxylation is 2. The first kappa shape index (κ1) is 21.2. The number of amides is 2. The molecule has 0 unspecified atom stereocenters. The second-order valence-electron chi connectivity index (χ2n) is 7.63. The first-order valence-corrected chi connectivity index (χ1v) is 9.88. The number of carbonyl (C=O) groups is 2.